The summed E-state index contributed by atoms with van der Waals surface area (Å²) in [6.45, 7) is 2.65. The van der Waals surface area contributed by atoms with Gasteiger partial charge in [0, 0.05) is 18.2 Å². The van der Waals surface area contributed by atoms with Crippen LogP contribution in [-0.2, 0) is 0 Å². The lowest BCUT2D eigenvalue weighted by molar-refractivity contribution is 0.602. The quantitative estimate of drug-likeness (QED) is 0.840. The van der Waals surface area contributed by atoms with E-state index in [2.05, 4.69) is 15.5 Å². The van der Waals surface area contributed by atoms with E-state index in [0.717, 1.165) is 24.7 Å². The van der Waals surface area contributed by atoms with Crippen molar-refractivity contribution in [2.45, 2.75) is 6.92 Å². The third-order valence-corrected chi connectivity index (χ3v) is 2.15. The summed E-state index contributed by atoms with van der Waals surface area (Å²) in [6.07, 6.45) is 0. The molecule has 0 aliphatic carbocycles. The maximum Gasteiger partial charge on any atom is 0.148 e. The highest BCUT2D eigenvalue weighted by Gasteiger charge is 2.09. The number of aromatic nitrogens is 2. The van der Waals surface area contributed by atoms with E-state index in [1.165, 1.54) is 0 Å². The van der Waals surface area contributed by atoms with E-state index in [1.807, 2.05) is 6.92 Å². The summed E-state index contributed by atoms with van der Waals surface area (Å²) in [6, 6.07) is 4.96. The van der Waals surface area contributed by atoms with E-state index in [-0.39, 0.29) is 5.56 Å². The summed E-state index contributed by atoms with van der Waals surface area (Å²) < 4.78 is 26.4. The minimum absolute atomic E-state index is 0.177. The van der Waals surface area contributed by atoms with Gasteiger partial charge < -0.3 is 5.32 Å². The molecule has 84 valence electrons. The molecule has 0 amide bonds. The second kappa shape index (κ2) is 4.30. The fourth-order valence-corrected chi connectivity index (χ4v) is 1.44. The molecule has 0 saturated carbocycles. The van der Waals surface area contributed by atoms with E-state index in [4.69, 9.17) is 0 Å². The van der Waals surface area contributed by atoms with E-state index in [9.17, 15) is 8.78 Å². The first-order valence-electron chi connectivity index (χ1n) is 4.95. The molecule has 1 aromatic heterocycles. The van der Waals surface area contributed by atoms with Crippen LogP contribution in [0.5, 0.6) is 0 Å². The van der Waals surface area contributed by atoms with Crippen LogP contribution in [0.3, 0.4) is 0 Å². The number of benzene rings is 1. The van der Waals surface area contributed by atoms with Gasteiger partial charge in [0.2, 0.25) is 0 Å². The highest BCUT2D eigenvalue weighted by atomic mass is 19.1. The first-order valence-corrected chi connectivity index (χ1v) is 4.95. The maximum absolute atomic E-state index is 13.4. The fraction of sp³-hybridized carbons (Fsp3) is 0.182. The third kappa shape index (κ3) is 2.03. The van der Waals surface area contributed by atoms with Gasteiger partial charge in [-0.05, 0) is 25.1 Å². The van der Waals surface area contributed by atoms with Gasteiger partial charge in [-0.3, -0.25) is 5.10 Å². The summed E-state index contributed by atoms with van der Waals surface area (Å²) in [7, 11) is 0. The van der Waals surface area contributed by atoms with Crippen LogP contribution in [-0.4, -0.2) is 16.7 Å². The molecule has 5 heteroatoms. The number of hydrogen-bond donors (Lipinski definition) is 2. The average molecular weight is 223 g/mol. The van der Waals surface area contributed by atoms with Gasteiger partial charge in [-0.1, -0.05) is 0 Å². The molecule has 0 bridgehead atoms. The zero-order valence-electron chi connectivity index (χ0n) is 8.72. The van der Waals surface area contributed by atoms with Crippen LogP contribution < -0.4 is 5.32 Å². The van der Waals surface area contributed by atoms with Gasteiger partial charge >= 0.3 is 0 Å². The van der Waals surface area contributed by atoms with Gasteiger partial charge in [0.1, 0.15) is 17.5 Å². The van der Waals surface area contributed by atoms with E-state index in [0.29, 0.717) is 11.5 Å². The first-order chi connectivity index (χ1) is 7.70. The van der Waals surface area contributed by atoms with Crippen molar-refractivity contribution in [1.82, 2.24) is 10.2 Å². The molecular weight excluding hydrogens is 212 g/mol. The fourth-order valence-electron chi connectivity index (χ4n) is 1.44. The van der Waals surface area contributed by atoms with Crippen molar-refractivity contribution < 1.29 is 8.78 Å². The molecule has 2 aromatic rings. The van der Waals surface area contributed by atoms with Gasteiger partial charge in [-0.25, -0.2) is 8.78 Å². The Balaban J connectivity index is 2.38. The smallest absolute Gasteiger partial charge is 0.148 e. The number of halogens is 2. The molecule has 0 unspecified atom stereocenters. The van der Waals surface area contributed by atoms with Crippen molar-refractivity contribution in [3.8, 4) is 11.3 Å². The van der Waals surface area contributed by atoms with Crippen LogP contribution in [0.4, 0.5) is 14.6 Å². The van der Waals surface area contributed by atoms with Gasteiger partial charge in [-0.15, -0.1) is 0 Å². The van der Waals surface area contributed by atoms with Crippen LogP contribution in [0.15, 0.2) is 24.3 Å². The minimum Gasteiger partial charge on any atom is -0.369 e. The lowest BCUT2D eigenvalue weighted by atomic mass is 10.1. The highest BCUT2D eigenvalue weighted by Crippen LogP contribution is 2.23. The Morgan fingerprint density at radius 2 is 2.12 bits per heavy atom. The van der Waals surface area contributed by atoms with Crippen molar-refractivity contribution in [3.63, 3.8) is 0 Å². The normalized spacial score (nSPS) is 10.4. The molecule has 0 radical (unpaired) electrons. The Hall–Kier alpha value is -1.91. The molecular formula is C11H11F2N3. The largest absolute Gasteiger partial charge is 0.369 e. The Kier molecular flexibility index (Phi) is 2.85. The third-order valence-electron chi connectivity index (χ3n) is 2.15. The number of H-pyrrole nitrogens is 1. The number of nitrogens with zero attached hydrogens (tertiary/aromatic N) is 1. The second-order valence-corrected chi connectivity index (χ2v) is 3.32. The lowest BCUT2D eigenvalue weighted by Crippen LogP contribution is -1.95. The van der Waals surface area contributed by atoms with E-state index in [1.54, 1.807) is 6.07 Å². The summed E-state index contributed by atoms with van der Waals surface area (Å²) >= 11 is 0. The predicted octanol–water partition coefficient (Wildman–Crippen LogP) is 2.79. The van der Waals surface area contributed by atoms with Crippen molar-refractivity contribution in [1.29, 1.82) is 0 Å². The zero-order chi connectivity index (χ0) is 11.5. The Morgan fingerprint density at radius 1 is 1.31 bits per heavy atom. The molecule has 0 aliphatic rings. The minimum atomic E-state index is -0.479. The van der Waals surface area contributed by atoms with Gasteiger partial charge in [0.25, 0.3) is 0 Å². The standard InChI is InChI=1S/C11H11F2N3/c1-2-14-11-6-10(15-16-11)8-5-7(12)3-4-9(8)13/h3-6H,2H2,1H3,(H2,14,15,16). The van der Waals surface area contributed by atoms with Gasteiger partial charge in [0.05, 0.1) is 5.69 Å². The molecule has 0 atom stereocenters. The van der Waals surface area contributed by atoms with Gasteiger partial charge in [-0.2, -0.15) is 5.10 Å². The molecule has 3 nitrogen and oxygen atoms in total. The van der Waals surface area contributed by atoms with Crippen molar-refractivity contribution in [3.05, 3.63) is 35.9 Å². The SMILES string of the molecule is CCNc1cc(-c2cc(F)ccc2F)[nH]n1. The number of anilines is 1. The molecule has 0 saturated heterocycles. The molecule has 1 heterocycles. The maximum atomic E-state index is 13.4. The molecule has 2 N–H and O–H groups in total. The van der Waals surface area contributed by atoms with Crippen LogP contribution in [0.25, 0.3) is 11.3 Å². The van der Waals surface area contributed by atoms with Crippen LogP contribution >= 0.6 is 0 Å². The molecule has 0 aliphatic heterocycles. The van der Waals surface area contributed by atoms with E-state index < -0.39 is 11.6 Å². The molecule has 2 rings (SSSR count). The number of aromatic amines is 1. The van der Waals surface area contributed by atoms with Crippen LogP contribution in [0.1, 0.15) is 6.92 Å². The first kappa shape index (κ1) is 10.6. The molecule has 0 spiro atoms. The average Bonchev–Trinajstić information content (AvgIpc) is 2.71. The second-order valence-electron chi connectivity index (χ2n) is 3.32. The Morgan fingerprint density at radius 3 is 2.88 bits per heavy atom. The summed E-state index contributed by atoms with van der Waals surface area (Å²) in [4.78, 5) is 0. The molecule has 1 aromatic carbocycles. The monoisotopic (exact) mass is 223 g/mol. The summed E-state index contributed by atoms with van der Waals surface area (Å²) in [5.41, 5.74) is 0.629. The van der Waals surface area contributed by atoms with Crippen molar-refractivity contribution in [2.75, 3.05) is 11.9 Å². The zero-order valence-corrected chi connectivity index (χ0v) is 8.72. The van der Waals surface area contributed by atoms with Crippen molar-refractivity contribution >= 4 is 5.82 Å². The van der Waals surface area contributed by atoms with Crippen molar-refractivity contribution in [2.24, 2.45) is 0 Å². The lowest BCUT2D eigenvalue weighted by Gasteiger charge is -1.99. The van der Waals surface area contributed by atoms with Crippen LogP contribution in [0, 0.1) is 11.6 Å². The van der Waals surface area contributed by atoms with Crippen LogP contribution in [0.2, 0.25) is 0 Å². The molecule has 16 heavy (non-hydrogen) atoms. The number of nitrogens with one attached hydrogen (secondary N) is 2. The summed E-state index contributed by atoms with van der Waals surface area (Å²) in [5.74, 6) is -0.342. The molecule has 0 fully saturated rings. The highest BCUT2D eigenvalue weighted by molar-refractivity contribution is 5.63. The number of hydrogen-bond acceptors (Lipinski definition) is 2. The Labute approximate surface area is 91.5 Å². The summed E-state index contributed by atoms with van der Waals surface area (Å²) in [5, 5.41) is 9.56. The Bertz CT molecular complexity index is 494. The topological polar surface area (TPSA) is 40.7 Å². The van der Waals surface area contributed by atoms with E-state index >= 15 is 0 Å². The van der Waals surface area contributed by atoms with Gasteiger partial charge in [0.15, 0.2) is 0 Å². The predicted molar refractivity (Wildman–Crippen MR) is 58.1 cm³/mol. The number of rotatable bonds is 3.